The van der Waals surface area contributed by atoms with Crippen molar-refractivity contribution in [2.45, 2.75) is 6.92 Å². The van der Waals surface area contributed by atoms with Crippen LogP contribution in [-0.4, -0.2) is 59.4 Å². The lowest BCUT2D eigenvalue weighted by Crippen LogP contribution is -2.32. The summed E-state index contributed by atoms with van der Waals surface area (Å²) in [6.07, 6.45) is 0. The van der Waals surface area contributed by atoms with E-state index in [4.69, 9.17) is 14.2 Å². The van der Waals surface area contributed by atoms with Crippen LogP contribution in [0.1, 0.15) is 17.4 Å². The van der Waals surface area contributed by atoms with Crippen LogP contribution < -0.4 is 14.9 Å². The van der Waals surface area contributed by atoms with E-state index in [9.17, 15) is 14.8 Å². The molecular formula is C13H16BN3O6. The average molecular weight is 321 g/mol. The van der Waals surface area contributed by atoms with E-state index < -0.39 is 13.1 Å². The van der Waals surface area contributed by atoms with Gasteiger partial charge in [0, 0.05) is 5.56 Å². The minimum atomic E-state index is -1.78. The fourth-order valence-electron chi connectivity index (χ4n) is 2.10. The Balaban J connectivity index is 2.57. The van der Waals surface area contributed by atoms with Crippen molar-refractivity contribution < 1.29 is 29.1 Å². The van der Waals surface area contributed by atoms with Gasteiger partial charge in [-0.15, -0.1) is 5.10 Å². The van der Waals surface area contributed by atoms with Crippen molar-refractivity contribution in [1.29, 1.82) is 0 Å². The molecule has 2 aromatic rings. The van der Waals surface area contributed by atoms with Crippen molar-refractivity contribution in [3.63, 3.8) is 0 Å². The number of hydrogen-bond donors (Lipinski definition) is 3. The van der Waals surface area contributed by atoms with Crippen molar-refractivity contribution >= 4 is 18.6 Å². The molecule has 0 amide bonds. The van der Waals surface area contributed by atoms with Crippen LogP contribution in [0.5, 0.6) is 11.5 Å². The molecule has 23 heavy (non-hydrogen) atoms. The number of aromatic amines is 1. The fourth-order valence-corrected chi connectivity index (χ4v) is 2.10. The maximum absolute atomic E-state index is 11.9. The highest BCUT2D eigenvalue weighted by Gasteiger charge is 2.26. The molecule has 1 aromatic carbocycles. The lowest BCUT2D eigenvalue weighted by atomic mass is 9.78. The molecule has 3 N–H and O–H groups in total. The van der Waals surface area contributed by atoms with Crippen LogP contribution in [0.15, 0.2) is 12.1 Å². The number of ether oxygens (including phenoxy) is 3. The summed E-state index contributed by atoms with van der Waals surface area (Å²) >= 11 is 0. The highest BCUT2D eigenvalue weighted by atomic mass is 16.5. The molecule has 0 saturated carbocycles. The second-order valence-corrected chi connectivity index (χ2v) is 4.41. The molecule has 0 unspecified atom stereocenters. The van der Waals surface area contributed by atoms with Gasteiger partial charge in [-0.25, -0.2) is 4.79 Å². The number of aromatic nitrogens is 3. The summed E-state index contributed by atoms with van der Waals surface area (Å²) in [7, 11) is 0.967. The van der Waals surface area contributed by atoms with Crippen molar-refractivity contribution in [3.05, 3.63) is 17.8 Å². The minimum Gasteiger partial charge on any atom is -0.497 e. The van der Waals surface area contributed by atoms with E-state index in [1.54, 1.807) is 6.92 Å². The van der Waals surface area contributed by atoms with Crippen LogP contribution in [0.25, 0.3) is 11.3 Å². The number of rotatable bonds is 6. The summed E-state index contributed by atoms with van der Waals surface area (Å²) in [5, 5.41) is 29.0. The molecule has 2 rings (SSSR count). The Bertz CT molecular complexity index is 678. The molecule has 122 valence electrons. The SMILES string of the molecule is CCOC(=O)c1n[nH]nc1-c1cc(OC)c(B(O)O)c(OC)c1. The normalized spacial score (nSPS) is 10.3. The molecule has 0 aliphatic carbocycles. The van der Waals surface area contributed by atoms with Gasteiger partial charge in [-0.3, -0.25) is 0 Å². The van der Waals surface area contributed by atoms with Gasteiger partial charge in [0.15, 0.2) is 5.69 Å². The monoisotopic (exact) mass is 321 g/mol. The zero-order valence-electron chi connectivity index (χ0n) is 12.9. The molecule has 10 heteroatoms. The molecular weight excluding hydrogens is 305 g/mol. The first kappa shape index (κ1) is 16.8. The first-order valence-electron chi connectivity index (χ1n) is 6.73. The number of methoxy groups -OCH3 is 2. The number of nitrogens with one attached hydrogen (secondary N) is 1. The Morgan fingerprint density at radius 1 is 1.22 bits per heavy atom. The number of esters is 1. The minimum absolute atomic E-state index is 0.00764. The standard InChI is InChI=1S/C13H16BN3O6/c1-4-23-13(18)12-11(15-17-16-12)7-5-8(21-2)10(14(19)20)9(6-7)22-3/h5-6,19-20H,4H2,1-3H3,(H,15,16,17). The second kappa shape index (κ2) is 7.12. The molecule has 0 aliphatic rings. The molecule has 0 radical (unpaired) electrons. The summed E-state index contributed by atoms with van der Waals surface area (Å²) in [6, 6.07) is 3.00. The molecule has 9 nitrogen and oxygen atoms in total. The largest absolute Gasteiger partial charge is 0.497 e. The summed E-state index contributed by atoms with van der Waals surface area (Å²) in [5.74, 6) is -0.278. The van der Waals surface area contributed by atoms with E-state index in [-0.39, 0.29) is 35.0 Å². The van der Waals surface area contributed by atoms with Crippen LogP contribution in [-0.2, 0) is 4.74 Å². The number of hydrogen-bond acceptors (Lipinski definition) is 8. The molecule has 0 atom stereocenters. The summed E-state index contributed by atoms with van der Waals surface area (Å²) in [5.41, 5.74) is 0.757. The Morgan fingerprint density at radius 2 is 1.83 bits per heavy atom. The van der Waals surface area contributed by atoms with Crippen LogP contribution in [0.2, 0.25) is 0 Å². The quantitative estimate of drug-likeness (QED) is 0.473. The summed E-state index contributed by atoms with van der Waals surface area (Å²) < 4.78 is 15.2. The lowest BCUT2D eigenvalue weighted by molar-refractivity contribution is 0.0520. The smallest absolute Gasteiger partial charge is 0.496 e. The third-order valence-electron chi connectivity index (χ3n) is 3.09. The van der Waals surface area contributed by atoms with Gasteiger partial charge in [0.25, 0.3) is 0 Å². The topological polar surface area (TPSA) is 127 Å². The van der Waals surface area contributed by atoms with Gasteiger partial charge < -0.3 is 24.3 Å². The number of carbonyl (C=O) groups excluding carboxylic acids is 1. The van der Waals surface area contributed by atoms with Gasteiger partial charge in [0.1, 0.15) is 17.2 Å². The molecule has 0 bridgehead atoms. The number of benzene rings is 1. The Morgan fingerprint density at radius 3 is 2.30 bits per heavy atom. The van der Waals surface area contributed by atoms with Gasteiger partial charge in [0.05, 0.1) is 26.3 Å². The molecule has 1 aromatic heterocycles. The van der Waals surface area contributed by atoms with Crippen molar-refractivity contribution in [3.8, 4) is 22.8 Å². The third kappa shape index (κ3) is 3.27. The maximum atomic E-state index is 11.9. The van der Waals surface area contributed by atoms with Gasteiger partial charge in [0.2, 0.25) is 0 Å². The summed E-state index contributed by atoms with van der Waals surface area (Å²) in [4.78, 5) is 11.9. The zero-order valence-corrected chi connectivity index (χ0v) is 12.9. The molecule has 0 saturated heterocycles. The van der Waals surface area contributed by atoms with Crippen LogP contribution >= 0.6 is 0 Å². The highest BCUT2D eigenvalue weighted by Crippen LogP contribution is 2.28. The van der Waals surface area contributed by atoms with E-state index in [2.05, 4.69) is 15.4 Å². The highest BCUT2D eigenvalue weighted by molar-refractivity contribution is 6.61. The Labute approximate surface area is 132 Å². The Hall–Kier alpha value is -2.59. The number of carbonyl (C=O) groups is 1. The lowest BCUT2D eigenvalue weighted by Gasteiger charge is -2.14. The first-order valence-corrected chi connectivity index (χ1v) is 6.73. The van der Waals surface area contributed by atoms with E-state index >= 15 is 0 Å². The average Bonchev–Trinajstić information content (AvgIpc) is 3.03. The van der Waals surface area contributed by atoms with Gasteiger partial charge in [-0.1, -0.05) is 0 Å². The number of H-pyrrole nitrogens is 1. The predicted octanol–water partition coefficient (Wildman–Crippen LogP) is -0.655. The first-order chi connectivity index (χ1) is 11.0. The van der Waals surface area contributed by atoms with Crippen molar-refractivity contribution in [2.24, 2.45) is 0 Å². The van der Waals surface area contributed by atoms with Crippen LogP contribution in [0.4, 0.5) is 0 Å². The molecule has 0 fully saturated rings. The van der Waals surface area contributed by atoms with Crippen LogP contribution in [0, 0.1) is 0 Å². The van der Waals surface area contributed by atoms with E-state index in [1.807, 2.05) is 0 Å². The maximum Gasteiger partial charge on any atom is 0.496 e. The van der Waals surface area contributed by atoms with Gasteiger partial charge >= 0.3 is 13.1 Å². The van der Waals surface area contributed by atoms with Gasteiger partial charge in [-0.2, -0.15) is 10.3 Å². The summed E-state index contributed by atoms with van der Waals surface area (Å²) in [6.45, 7) is 1.88. The third-order valence-corrected chi connectivity index (χ3v) is 3.09. The van der Waals surface area contributed by atoms with Crippen molar-refractivity contribution in [2.75, 3.05) is 20.8 Å². The van der Waals surface area contributed by atoms with Crippen LogP contribution in [0.3, 0.4) is 0 Å². The molecule has 0 aliphatic heterocycles. The second-order valence-electron chi connectivity index (χ2n) is 4.41. The van der Waals surface area contributed by atoms with E-state index in [0.29, 0.717) is 5.56 Å². The Kier molecular flexibility index (Phi) is 5.19. The fraction of sp³-hybridized carbons (Fsp3) is 0.308. The predicted molar refractivity (Wildman–Crippen MR) is 80.7 cm³/mol. The zero-order chi connectivity index (χ0) is 17.0. The van der Waals surface area contributed by atoms with E-state index in [1.165, 1.54) is 26.4 Å². The molecule has 1 heterocycles. The van der Waals surface area contributed by atoms with Crippen molar-refractivity contribution in [1.82, 2.24) is 15.4 Å². The molecule has 0 spiro atoms. The van der Waals surface area contributed by atoms with E-state index in [0.717, 1.165) is 0 Å². The number of nitrogens with zero attached hydrogens (tertiary/aromatic N) is 2. The van der Waals surface area contributed by atoms with Gasteiger partial charge in [-0.05, 0) is 19.1 Å².